The summed E-state index contributed by atoms with van der Waals surface area (Å²) in [6.45, 7) is 0.116. The van der Waals surface area contributed by atoms with E-state index in [2.05, 4.69) is 10.5 Å². The maximum absolute atomic E-state index is 11.2. The van der Waals surface area contributed by atoms with Crippen molar-refractivity contribution in [1.29, 1.82) is 0 Å². The first-order valence-corrected chi connectivity index (χ1v) is 10.5. The molecule has 0 heterocycles. The highest BCUT2D eigenvalue weighted by atomic mass is 35.5. The van der Waals surface area contributed by atoms with E-state index in [1.165, 1.54) is 19.4 Å². The van der Waals surface area contributed by atoms with Gasteiger partial charge in [-0.25, -0.2) is 0 Å². The second-order valence-corrected chi connectivity index (χ2v) is 7.90. The van der Waals surface area contributed by atoms with E-state index in [-0.39, 0.29) is 23.1 Å². The predicted octanol–water partition coefficient (Wildman–Crippen LogP) is 6.50. The van der Waals surface area contributed by atoms with Crippen molar-refractivity contribution in [1.82, 2.24) is 0 Å². The molecule has 176 valence electrons. The molecule has 0 unspecified atom stereocenters. The van der Waals surface area contributed by atoms with Crippen molar-refractivity contribution in [3.63, 3.8) is 0 Å². The van der Waals surface area contributed by atoms with Crippen LogP contribution in [0.15, 0.2) is 53.6 Å². The van der Waals surface area contributed by atoms with E-state index in [0.29, 0.717) is 26.9 Å². The van der Waals surface area contributed by atoms with E-state index in [9.17, 15) is 20.2 Å². The molecule has 0 aliphatic heterocycles. The van der Waals surface area contributed by atoms with Crippen LogP contribution in [0.4, 0.5) is 17.1 Å². The average Bonchev–Trinajstić information content (AvgIpc) is 2.79. The Morgan fingerprint density at radius 3 is 2.41 bits per heavy atom. The van der Waals surface area contributed by atoms with Crippen molar-refractivity contribution in [2.75, 3.05) is 12.5 Å². The minimum Gasteiger partial charge on any atom is -0.493 e. The van der Waals surface area contributed by atoms with Crippen LogP contribution in [0.3, 0.4) is 0 Å². The van der Waals surface area contributed by atoms with Crippen LogP contribution in [-0.4, -0.2) is 23.2 Å². The van der Waals surface area contributed by atoms with Crippen LogP contribution in [0.1, 0.15) is 11.1 Å². The molecule has 0 fully saturated rings. The molecule has 0 aliphatic rings. The van der Waals surface area contributed by atoms with Crippen LogP contribution in [0.5, 0.6) is 11.5 Å². The second kappa shape index (κ2) is 11.0. The fourth-order valence-corrected chi connectivity index (χ4v) is 3.54. The van der Waals surface area contributed by atoms with Crippen LogP contribution in [-0.2, 0) is 6.61 Å². The first-order valence-electron chi connectivity index (χ1n) is 9.35. The van der Waals surface area contributed by atoms with Gasteiger partial charge in [-0.1, -0.05) is 40.9 Å². The average molecular weight is 526 g/mol. The standard InChI is InChI=1S/C21H15Cl3N4O6/c1-33-20-7-12(6-17(24)21(20)34-11-13-2-3-14(22)8-16(13)23)10-25-26-18-5-4-15(27(29)30)9-19(18)28(31)32/h2-10,26H,11H2,1H3/b25-10-. The number of rotatable bonds is 9. The summed E-state index contributed by atoms with van der Waals surface area (Å²) in [6.07, 6.45) is 1.35. The Bertz CT molecular complexity index is 1290. The lowest BCUT2D eigenvalue weighted by Gasteiger charge is -2.14. The lowest BCUT2D eigenvalue weighted by atomic mass is 10.2. The van der Waals surface area contributed by atoms with Gasteiger partial charge >= 0.3 is 5.69 Å². The van der Waals surface area contributed by atoms with Gasteiger partial charge in [-0.2, -0.15) is 5.10 Å². The van der Waals surface area contributed by atoms with Gasteiger partial charge in [0.05, 0.1) is 34.3 Å². The van der Waals surface area contributed by atoms with Gasteiger partial charge in [-0.3, -0.25) is 25.7 Å². The smallest absolute Gasteiger partial charge is 0.301 e. The lowest BCUT2D eigenvalue weighted by Crippen LogP contribution is -2.01. The summed E-state index contributed by atoms with van der Waals surface area (Å²) in [5.41, 5.74) is 2.77. The van der Waals surface area contributed by atoms with E-state index < -0.39 is 21.2 Å². The molecule has 0 aliphatic carbocycles. The third kappa shape index (κ3) is 6.04. The molecule has 0 saturated carbocycles. The van der Waals surface area contributed by atoms with Crippen molar-refractivity contribution < 1.29 is 19.3 Å². The molecule has 1 N–H and O–H groups in total. The van der Waals surface area contributed by atoms with Crippen molar-refractivity contribution in [3.8, 4) is 11.5 Å². The Labute approximate surface area is 207 Å². The number of benzene rings is 3. The first-order chi connectivity index (χ1) is 16.2. The molecule has 0 saturated heterocycles. The summed E-state index contributed by atoms with van der Waals surface area (Å²) in [6, 6.07) is 11.3. The summed E-state index contributed by atoms with van der Waals surface area (Å²) in [7, 11) is 1.44. The number of ether oxygens (including phenoxy) is 2. The van der Waals surface area contributed by atoms with Gasteiger partial charge < -0.3 is 9.47 Å². The number of hydrazone groups is 1. The highest BCUT2D eigenvalue weighted by Gasteiger charge is 2.19. The Morgan fingerprint density at radius 2 is 1.76 bits per heavy atom. The van der Waals surface area contributed by atoms with Crippen LogP contribution in [0.2, 0.25) is 15.1 Å². The van der Waals surface area contributed by atoms with E-state index in [1.54, 1.807) is 30.3 Å². The second-order valence-electron chi connectivity index (χ2n) is 6.64. The Kier molecular flexibility index (Phi) is 8.11. The van der Waals surface area contributed by atoms with Gasteiger partial charge in [0.1, 0.15) is 12.3 Å². The molecule has 0 radical (unpaired) electrons. The molecule has 0 aromatic heterocycles. The fraction of sp³-hybridized carbons (Fsp3) is 0.0952. The van der Waals surface area contributed by atoms with Crippen LogP contribution in [0, 0.1) is 20.2 Å². The number of nitro benzene ring substituents is 2. The number of non-ortho nitro benzene ring substituents is 1. The maximum Gasteiger partial charge on any atom is 0.301 e. The zero-order chi connectivity index (χ0) is 24.8. The molecule has 3 rings (SSSR count). The minimum absolute atomic E-state index is 0.0234. The number of hydrogen-bond donors (Lipinski definition) is 1. The van der Waals surface area contributed by atoms with Gasteiger partial charge in [-0.15, -0.1) is 0 Å². The molecule has 3 aromatic rings. The van der Waals surface area contributed by atoms with Crippen molar-refractivity contribution in [3.05, 3.63) is 95.0 Å². The van der Waals surface area contributed by atoms with E-state index in [4.69, 9.17) is 44.3 Å². The van der Waals surface area contributed by atoms with E-state index >= 15 is 0 Å². The van der Waals surface area contributed by atoms with Gasteiger partial charge in [0.15, 0.2) is 11.5 Å². The van der Waals surface area contributed by atoms with E-state index in [1.807, 2.05) is 0 Å². The predicted molar refractivity (Wildman–Crippen MR) is 130 cm³/mol. The Hall–Kier alpha value is -3.60. The highest BCUT2D eigenvalue weighted by molar-refractivity contribution is 6.35. The molecule has 34 heavy (non-hydrogen) atoms. The zero-order valence-electron chi connectivity index (χ0n) is 17.3. The number of methoxy groups -OCH3 is 1. The zero-order valence-corrected chi connectivity index (χ0v) is 19.6. The molecule has 3 aromatic carbocycles. The van der Waals surface area contributed by atoms with Crippen molar-refractivity contribution >= 4 is 58.1 Å². The van der Waals surface area contributed by atoms with Crippen LogP contribution in [0.25, 0.3) is 0 Å². The van der Waals surface area contributed by atoms with Gasteiger partial charge in [0.25, 0.3) is 5.69 Å². The van der Waals surface area contributed by atoms with Crippen molar-refractivity contribution in [2.24, 2.45) is 5.10 Å². The maximum atomic E-state index is 11.2. The molecule has 0 atom stereocenters. The van der Waals surface area contributed by atoms with E-state index in [0.717, 1.165) is 12.1 Å². The number of nitro groups is 2. The summed E-state index contributed by atoms with van der Waals surface area (Å²) < 4.78 is 11.1. The monoisotopic (exact) mass is 524 g/mol. The number of hydrogen-bond acceptors (Lipinski definition) is 8. The lowest BCUT2D eigenvalue weighted by molar-refractivity contribution is -0.393. The molecule has 10 nitrogen and oxygen atoms in total. The molecule has 13 heteroatoms. The summed E-state index contributed by atoms with van der Waals surface area (Å²) in [5.74, 6) is 0.603. The minimum atomic E-state index is -0.746. The third-order valence-corrected chi connectivity index (χ3v) is 5.29. The molecular formula is C21H15Cl3N4O6. The summed E-state index contributed by atoms with van der Waals surface area (Å²) in [5, 5.41) is 27.2. The quantitative estimate of drug-likeness (QED) is 0.192. The van der Waals surface area contributed by atoms with Gasteiger partial charge in [0.2, 0.25) is 0 Å². The largest absolute Gasteiger partial charge is 0.493 e. The van der Waals surface area contributed by atoms with Gasteiger partial charge in [0, 0.05) is 21.7 Å². The highest BCUT2D eigenvalue weighted by Crippen LogP contribution is 2.37. The first kappa shape index (κ1) is 25.0. The van der Waals surface area contributed by atoms with Crippen molar-refractivity contribution in [2.45, 2.75) is 6.61 Å². The van der Waals surface area contributed by atoms with Gasteiger partial charge in [-0.05, 0) is 35.9 Å². The number of nitrogens with one attached hydrogen (secondary N) is 1. The van der Waals surface area contributed by atoms with Crippen LogP contribution < -0.4 is 14.9 Å². The fourth-order valence-electron chi connectivity index (χ4n) is 2.80. The number of nitrogens with zero attached hydrogens (tertiary/aromatic N) is 3. The summed E-state index contributed by atoms with van der Waals surface area (Å²) in [4.78, 5) is 20.6. The molecular weight excluding hydrogens is 511 g/mol. The Morgan fingerprint density at radius 1 is 1.00 bits per heavy atom. The van der Waals surface area contributed by atoms with Crippen LogP contribution >= 0.6 is 34.8 Å². The number of anilines is 1. The third-order valence-electron chi connectivity index (χ3n) is 4.43. The summed E-state index contributed by atoms with van der Waals surface area (Å²) >= 11 is 18.4. The SMILES string of the molecule is COc1cc(/C=N\Nc2ccc([N+](=O)[O-])cc2[N+](=O)[O-])cc(Cl)c1OCc1ccc(Cl)cc1Cl. The topological polar surface area (TPSA) is 129 Å². The molecule has 0 amide bonds. The molecule has 0 bridgehead atoms. The Balaban J connectivity index is 1.78. The normalized spacial score (nSPS) is 10.8. The number of halogens is 3. The molecule has 0 spiro atoms.